The largest absolute Gasteiger partial charge is 0.486 e. The lowest BCUT2D eigenvalue weighted by Crippen LogP contribution is -2.35. The molecule has 5 rings (SSSR count). The summed E-state index contributed by atoms with van der Waals surface area (Å²) in [7, 11) is -3.59. The first-order valence-electron chi connectivity index (χ1n) is 12.6. The predicted molar refractivity (Wildman–Crippen MR) is 141 cm³/mol. The van der Waals surface area contributed by atoms with Crippen LogP contribution in [0.25, 0.3) is 10.2 Å². The zero-order valence-electron chi connectivity index (χ0n) is 21.1. The molecule has 12 heteroatoms. The first-order chi connectivity index (χ1) is 18.4. The number of aromatic nitrogens is 1. The highest BCUT2D eigenvalue weighted by Crippen LogP contribution is 2.35. The molecular weight excluding hydrogens is 530 g/mol. The number of amides is 1. The zero-order chi connectivity index (χ0) is 26.7. The lowest BCUT2D eigenvalue weighted by Gasteiger charge is -2.25. The quantitative estimate of drug-likeness (QED) is 0.408. The molecule has 2 aromatic carbocycles. The molecule has 0 N–H and O–H groups in total. The van der Waals surface area contributed by atoms with Gasteiger partial charge in [0.1, 0.15) is 13.2 Å². The van der Waals surface area contributed by atoms with Crippen LogP contribution >= 0.6 is 11.3 Å². The summed E-state index contributed by atoms with van der Waals surface area (Å²) in [6.07, 6.45) is 2.84. The third-order valence-corrected chi connectivity index (χ3v) is 9.40. The Bertz CT molecular complexity index is 1520. The van der Waals surface area contributed by atoms with Gasteiger partial charge in [-0.25, -0.2) is 8.42 Å². The maximum absolute atomic E-state index is 13.1. The van der Waals surface area contributed by atoms with Crippen molar-refractivity contribution in [3.05, 3.63) is 46.8 Å². The normalized spacial score (nSPS) is 16.5. The summed E-state index contributed by atoms with van der Waals surface area (Å²) >= 11 is 1.30. The number of sulfonamides is 1. The number of benzene rings is 2. The van der Waals surface area contributed by atoms with E-state index in [4.69, 9.17) is 14.2 Å². The van der Waals surface area contributed by atoms with E-state index in [0.29, 0.717) is 42.6 Å². The average Bonchev–Trinajstić information content (AvgIpc) is 3.26. The molecule has 1 amide bonds. The Kier molecular flexibility index (Phi) is 7.82. The first kappa shape index (κ1) is 26.4. The van der Waals surface area contributed by atoms with E-state index < -0.39 is 15.9 Å². The van der Waals surface area contributed by atoms with Crippen molar-refractivity contribution in [1.82, 2.24) is 8.87 Å². The summed E-state index contributed by atoms with van der Waals surface area (Å²) in [5.74, 6) is 0.348. The number of fused-ring (bicyclic) bond motifs is 2. The number of piperidine rings is 1. The van der Waals surface area contributed by atoms with Crippen molar-refractivity contribution >= 4 is 43.5 Å². The van der Waals surface area contributed by atoms with Gasteiger partial charge in [-0.3, -0.25) is 9.59 Å². The number of nitrogens with zero attached hydrogens (tertiary/aromatic N) is 3. The lowest BCUT2D eigenvalue weighted by molar-refractivity contribution is -0.143. The van der Waals surface area contributed by atoms with Gasteiger partial charge < -0.3 is 18.8 Å². The van der Waals surface area contributed by atoms with E-state index in [-0.39, 0.29) is 36.0 Å². The summed E-state index contributed by atoms with van der Waals surface area (Å²) in [5, 5.41) is 0. The third-order valence-electron chi connectivity index (χ3n) is 6.44. The van der Waals surface area contributed by atoms with Crippen molar-refractivity contribution in [3.63, 3.8) is 0 Å². The second kappa shape index (κ2) is 11.3. The Morgan fingerprint density at radius 2 is 1.71 bits per heavy atom. The Morgan fingerprint density at radius 3 is 2.39 bits per heavy atom. The van der Waals surface area contributed by atoms with Gasteiger partial charge in [-0.05, 0) is 44.0 Å². The monoisotopic (exact) mass is 559 g/mol. The zero-order valence-corrected chi connectivity index (χ0v) is 22.7. The molecule has 0 bridgehead atoms. The molecule has 3 aromatic rings. The molecule has 1 saturated heterocycles. The molecule has 0 aliphatic carbocycles. The molecule has 0 saturated carbocycles. The second-order valence-corrected chi connectivity index (χ2v) is 11.9. The summed E-state index contributed by atoms with van der Waals surface area (Å²) in [5.41, 5.74) is 1.03. The average molecular weight is 560 g/mol. The van der Waals surface area contributed by atoms with Gasteiger partial charge in [0.15, 0.2) is 16.3 Å². The van der Waals surface area contributed by atoms with Crippen molar-refractivity contribution in [2.24, 2.45) is 4.99 Å². The standard InChI is InChI=1S/C26H29N3O7S2/c1-2-34-24(30)10-13-29-20-16-21-22(36-15-14-35-21)17-23(20)37-26(29)27-25(31)18-6-8-19(9-7-18)38(32,33)28-11-4-3-5-12-28/h6-9,16-17H,2-5,10-15H2,1H3. The summed E-state index contributed by atoms with van der Waals surface area (Å²) in [6.45, 7) is 4.20. The van der Waals surface area contributed by atoms with E-state index in [0.717, 1.165) is 29.5 Å². The SMILES string of the molecule is CCOC(=O)CCn1c(=NC(=O)c2ccc(S(=O)(=O)N3CCCCC3)cc2)sc2cc3c(cc21)OCCO3. The highest BCUT2D eigenvalue weighted by atomic mass is 32.2. The van der Waals surface area contributed by atoms with E-state index in [2.05, 4.69) is 4.99 Å². The lowest BCUT2D eigenvalue weighted by atomic mass is 10.2. The van der Waals surface area contributed by atoms with Crippen LogP contribution in [-0.2, 0) is 26.1 Å². The molecular formula is C26H29N3O7S2. The fourth-order valence-electron chi connectivity index (χ4n) is 4.52. The minimum Gasteiger partial charge on any atom is -0.486 e. The number of hydrogen-bond donors (Lipinski definition) is 0. The summed E-state index contributed by atoms with van der Waals surface area (Å²) in [4.78, 5) is 30.1. The molecule has 3 heterocycles. The topological polar surface area (TPSA) is 117 Å². The van der Waals surface area contributed by atoms with E-state index in [1.165, 1.54) is 39.9 Å². The van der Waals surface area contributed by atoms with Crippen LogP contribution in [0.3, 0.4) is 0 Å². The highest BCUT2D eigenvalue weighted by molar-refractivity contribution is 7.89. The smallest absolute Gasteiger partial charge is 0.307 e. The molecule has 0 spiro atoms. The molecule has 202 valence electrons. The van der Waals surface area contributed by atoms with Crippen LogP contribution in [0, 0.1) is 0 Å². The molecule has 1 fully saturated rings. The van der Waals surface area contributed by atoms with Crippen LogP contribution in [0.5, 0.6) is 11.5 Å². The van der Waals surface area contributed by atoms with Crippen LogP contribution in [0.1, 0.15) is 43.0 Å². The third kappa shape index (κ3) is 5.47. The van der Waals surface area contributed by atoms with Crippen molar-refractivity contribution < 1.29 is 32.2 Å². The molecule has 2 aliphatic heterocycles. The van der Waals surface area contributed by atoms with Gasteiger partial charge in [-0.1, -0.05) is 17.8 Å². The molecule has 2 aliphatic rings. The Hall–Kier alpha value is -3.22. The predicted octanol–water partition coefficient (Wildman–Crippen LogP) is 3.34. The van der Waals surface area contributed by atoms with Crippen LogP contribution in [-0.4, -0.2) is 62.1 Å². The molecule has 0 atom stereocenters. The van der Waals surface area contributed by atoms with E-state index in [9.17, 15) is 18.0 Å². The van der Waals surface area contributed by atoms with Gasteiger partial charge in [0.05, 0.1) is 28.1 Å². The number of ether oxygens (including phenoxy) is 3. The number of rotatable bonds is 7. The van der Waals surface area contributed by atoms with Gasteiger partial charge in [0.25, 0.3) is 5.91 Å². The first-order valence-corrected chi connectivity index (χ1v) is 14.9. The summed E-state index contributed by atoms with van der Waals surface area (Å²) < 4.78 is 46.5. The van der Waals surface area contributed by atoms with E-state index in [1.807, 2.05) is 12.1 Å². The molecule has 38 heavy (non-hydrogen) atoms. The second-order valence-electron chi connectivity index (χ2n) is 8.96. The Labute approximate surface area is 224 Å². The fourth-order valence-corrected chi connectivity index (χ4v) is 7.10. The van der Waals surface area contributed by atoms with Crippen LogP contribution in [0.2, 0.25) is 0 Å². The number of thiazole rings is 1. The van der Waals surface area contributed by atoms with Crippen molar-refractivity contribution in [3.8, 4) is 11.5 Å². The maximum atomic E-state index is 13.1. The van der Waals surface area contributed by atoms with Crippen molar-refractivity contribution in [2.45, 2.75) is 44.0 Å². The Balaban J connectivity index is 1.47. The van der Waals surface area contributed by atoms with Crippen molar-refractivity contribution in [1.29, 1.82) is 0 Å². The minimum absolute atomic E-state index is 0.110. The molecule has 10 nitrogen and oxygen atoms in total. The number of carbonyl (C=O) groups is 2. The van der Waals surface area contributed by atoms with Crippen molar-refractivity contribution in [2.75, 3.05) is 32.9 Å². The van der Waals surface area contributed by atoms with Crippen LogP contribution < -0.4 is 14.3 Å². The molecule has 1 aromatic heterocycles. The maximum Gasteiger partial charge on any atom is 0.307 e. The number of carbonyl (C=O) groups excluding carboxylic acids is 2. The van der Waals surface area contributed by atoms with Gasteiger partial charge >= 0.3 is 5.97 Å². The minimum atomic E-state index is -3.59. The molecule has 0 radical (unpaired) electrons. The van der Waals surface area contributed by atoms with Gasteiger partial charge in [0.2, 0.25) is 10.0 Å². The summed E-state index contributed by atoms with van der Waals surface area (Å²) in [6, 6.07) is 9.55. The Morgan fingerprint density at radius 1 is 1.03 bits per heavy atom. The number of esters is 1. The van der Waals surface area contributed by atoms with Crippen LogP contribution in [0.4, 0.5) is 0 Å². The fraction of sp³-hybridized carbons (Fsp3) is 0.423. The number of hydrogen-bond acceptors (Lipinski definition) is 8. The van der Waals surface area contributed by atoms with Gasteiger partial charge in [0, 0.05) is 37.3 Å². The van der Waals surface area contributed by atoms with Gasteiger partial charge in [-0.15, -0.1) is 0 Å². The molecule has 0 unspecified atom stereocenters. The van der Waals surface area contributed by atoms with E-state index >= 15 is 0 Å². The number of aryl methyl sites for hydroxylation is 1. The highest BCUT2D eigenvalue weighted by Gasteiger charge is 2.26. The van der Waals surface area contributed by atoms with Crippen LogP contribution in [0.15, 0.2) is 46.3 Å². The van der Waals surface area contributed by atoms with E-state index in [1.54, 1.807) is 11.5 Å². The van der Waals surface area contributed by atoms with Gasteiger partial charge in [-0.2, -0.15) is 9.30 Å².